The molecule has 3 nitrogen and oxygen atoms in total. The van der Waals surface area contributed by atoms with Crippen LogP contribution in [0, 0.1) is 5.41 Å². The maximum atomic E-state index is 11.9. The van der Waals surface area contributed by atoms with Gasteiger partial charge in [-0.05, 0) is 44.0 Å². The molecule has 2 rings (SSSR count). The van der Waals surface area contributed by atoms with E-state index in [9.17, 15) is 4.79 Å². The van der Waals surface area contributed by atoms with Crippen molar-refractivity contribution in [3.63, 3.8) is 0 Å². The molecule has 0 aliphatic heterocycles. The summed E-state index contributed by atoms with van der Waals surface area (Å²) in [4.78, 5) is 11.9. The van der Waals surface area contributed by atoms with Crippen molar-refractivity contribution in [3.8, 4) is 5.75 Å². The highest BCUT2D eigenvalue weighted by Gasteiger charge is 2.58. The molecular formula is C14H17BrO3. The van der Waals surface area contributed by atoms with Crippen LogP contribution < -0.4 is 4.74 Å². The van der Waals surface area contributed by atoms with E-state index in [4.69, 9.17) is 9.47 Å². The van der Waals surface area contributed by atoms with Gasteiger partial charge in [0, 0.05) is 10.4 Å². The number of methoxy groups -OCH3 is 1. The third-order valence-corrected chi connectivity index (χ3v) is 4.28. The molecule has 0 heterocycles. The third-order valence-electron chi connectivity index (χ3n) is 3.56. The molecule has 1 aromatic rings. The van der Waals surface area contributed by atoms with Crippen LogP contribution in [0.4, 0.5) is 0 Å². The SMILES string of the molecule is CCOC(=O)[C@]1(C)CC1c1cc(OC)ccc1Br. The van der Waals surface area contributed by atoms with Gasteiger partial charge in [-0.1, -0.05) is 15.9 Å². The number of hydrogen-bond donors (Lipinski definition) is 0. The maximum absolute atomic E-state index is 11.9. The number of carbonyl (C=O) groups excluding carboxylic acids is 1. The number of halogens is 1. The first-order chi connectivity index (χ1) is 8.52. The fraction of sp³-hybridized carbons (Fsp3) is 0.500. The smallest absolute Gasteiger partial charge is 0.312 e. The van der Waals surface area contributed by atoms with Crippen LogP contribution in [0.1, 0.15) is 31.7 Å². The Kier molecular flexibility index (Phi) is 3.66. The summed E-state index contributed by atoms with van der Waals surface area (Å²) in [6.07, 6.45) is 0.831. The molecule has 0 saturated heterocycles. The van der Waals surface area contributed by atoms with Crippen LogP contribution in [0.5, 0.6) is 5.75 Å². The van der Waals surface area contributed by atoms with Gasteiger partial charge in [0.1, 0.15) is 5.75 Å². The second-order valence-electron chi connectivity index (χ2n) is 4.78. The van der Waals surface area contributed by atoms with E-state index in [-0.39, 0.29) is 17.3 Å². The van der Waals surface area contributed by atoms with Crippen LogP contribution in [-0.4, -0.2) is 19.7 Å². The number of rotatable bonds is 4. The molecule has 1 saturated carbocycles. The highest BCUT2D eigenvalue weighted by molar-refractivity contribution is 9.10. The summed E-state index contributed by atoms with van der Waals surface area (Å²) >= 11 is 3.53. The second kappa shape index (κ2) is 4.92. The highest BCUT2D eigenvalue weighted by Crippen LogP contribution is 2.61. The van der Waals surface area contributed by atoms with Crippen molar-refractivity contribution in [2.75, 3.05) is 13.7 Å². The minimum absolute atomic E-state index is 0.107. The first kappa shape index (κ1) is 13.4. The van der Waals surface area contributed by atoms with E-state index in [2.05, 4.69) is 15.9 Å². The number of ether oxygens (including phenoxy) is 2. The first-order valence-electron chi connectivity index (χ1n) is 6.03. The lowest BCUT2D eigenvalue weighted by molar-refractivity contribution is -0.149. The van der Waals surface area contributed by atoms with Crippen molar-refractivity contribution in [2.45, 2.75) is 26.2 Å². The van der Waals surface area contributed by atoms with Gasteiger partial charge in [0.15, 0.2) is 0 Å². The normalized spacial score (nSPS) is 25.7. The quantitative estimate of drug-likeness (QED) is 0.798. The molecule has 98 valence electrons. The molecule has 0 aromatic heterocycles. The Bertz CT molecular complexity index is 472. The van der Waals surface area contributed by atoms with Crippen LogP contribution in [0.3, 0.4) is 0 Å². The second-order valence-corrected chi connectivity index (χ2v) is 5.64. The van der Waals surface area contributed by atoms with E-state index >= 15 is 0 Å². The highest BCUT2D eigenvalue weighted by atomic mass is 79.9. The lowest BCUT2D eigenvalue weighted by atomic mass is 10.0. The van der Waals surface area contributed by atoms with E-state index in [0.717, 1.165) is 22.2 Å². The summed E-state index contributed by atoms with van der Waals surface area (Å²) in [6.45, 7) is 4.22. The van der Waals surface area contributed by atoms with E-state index in [1.165, 1.54) is 0 Å². The van der Waals surface area contributed by atoms with Crippen molar-refractivity contribution >= 4 is 21.9 Å². The van der Waals surface area contributed by atoms with E-state index in [1.807, 2.05) is 32.0 Å². The Balaban J connectivity index is 2.22. The van der Waals surface area contributed by atoms with Crippen molar-refractivity contribution in [1.29, 1.82) is 0 Å². The van der Waals surface area contributed by atoms with Gasteiger partial charge in [0.05, 0.1) is 19.1 Å². The molecule has 1 aromatic carbocycles. The van der Waals surface area contributed by atoms with Crippen LogP contribution in [0.2, 0.25) is 0 Å². The molecule has 0 spiro atoms. The molecule has 18 heavy (non-hydrogen) atoms. The van der Waals surface area contributed by atoms with Gasteiger partial charge in [0.2, 0.25) is 0 Å². The standard InChI is InChI=1S/C14H17BrO3/c1-4-18-13(16)14(2)8-11(14)10-7-9(17-3)5-6-12(10)15/h5-7,11H,4,8H2,1-3H3/t11?,14-/m1/s1. The van der Waals surface area contributed by atoms with Gasteiger partial charge < -0.3 is 9.47 Å². The van der Waals surface area contributed by atoms with Crippen molar-refractivity contribution in [1.82, 2.24) is 0 Å². The Labute approximate surface area is 116 Å². The number of hydrogen-bond acceptors (Lipinski definition) is 3. The zero-order valence-corrected chi connectivity index (χ0v) is 12.4. The van der Waals surface area contributed by atoms with Gasteiger partial charge in [-0.15, -0.1) is 0 Å². The van der Waals surface area contributed by atoms with Crippen molar-refractivity contribution < 1.29 is 14.3 Å². The summed E-state index contributed by atoms with van der Waals surface area (Å²) in [5.41, 5.74) is 0.732. The maximum Gasteiger partial charge on any atom is 0.312 e. The predicted molar refractivity (Wildman–Crippen MR) is 72.8 cm³/mol. The zero-order valence-electron chi connectivity index (χ0n) is 10.8. The minimum atomic E-state index is -0.384. The molecule has 0 bridgehead atoms. The fourth-order valence-corrected chi connectivity index (χ4v) is 2.78. The molecule has 1 aliphatic carbocycles. The van der Waals surface area contributed by atoms with Crippen molar-refractivity contribution in [3.05, 3.63) is 28.2 Å². The Morgan fingerprint density at radius 1 is 1.56 bits per heavy atom. The summed E-state index contributed by atoms with van der Waals surface area (Å²) in [5.74, 6) is 0.914. The fourth-order valence-electron chi connectivity index (χ4n) is 2.26. The zero-order chi connectivity index (χ0) is 13.3. The average molecular weight is 313 g/mol. The average Bonchev–Trinajstić information content (AvgIpc) is 3.04. The largest absolute Gasteiger partial charge is 0.497 e. The number of esters is 1. The summed E-state index contributed by atoms with van der Waals surface area (Å²) < 4.78 is 11.4. The molecule has 2 atom stereocenters. The van der Waals surface area contributed by atoms with Crippen LogP contribution in [-0.2, 0) is 9.53 Å². The van der Waals surface area contributed by atoms with E-state index < -0.39 is 0 Å². The molecule has 0 N–H and O–H groups in total. The van der Waals surface area contributed by atoms with Gasteiger partial charge >= 0.3 is 5.97 Å². The van der Waals surface area contributed by atoms with Crippen molar-refractivity contribution in [2.24, 2.45) is 5.41 Å². The predicted octanol–water partition coefficient (Wildman–Crippen LogP) is 3.51. The molecule has 0 amide bonds. The van der Waals surface area contributed by atoms with Gasteiger partial charge in [-0.3, -0.25) is 4.79 Å². The monoisotopic (exact) mass is 312 g/mol. The van der Waals surface area contributed by atoms with Crippen LogP contribution >= 0.6 is 15.9 Å². The minimum Gasteiger partial charge on any atom is -0.497 e. The molecular weight excluding hydrogens is 296 g/mol. The van der Waals surface area contributed by atoms with Gasteiger partial charge in [0.25, 0.3) is 0 Å². The third kappa shape index (κ3) is 2.26. The van der Waals surface area contributed by atoms with E-state index in [1.54, 1.807) is 7.11 Å². The summed E-state index contributed by atoms with van der Waals surface area (Å²) in [5, 5.41) is 0. The first-order valence-corrected chi connectivity index (χ1v) is 6.83. The molecule has 1 aliphatic rings. The number of benzene rings is 1. The molecule has 4 heteroatoms. The topological polar surface area (TPSA) is 35.5 Å². The Morgan fingerprint density at radius 3 is 2.89 bits per heavy atom. The molecule has 1 fully saturated rings. The van der Waals surface area contributed by atoms with Crippen LogP contribution in [0.25, 0.3) is 0 Å². The Hall–Kier alpha value is -1.03. The van der Waals surface area contributed by atoms with E-state index in [0.29, 0.717) is 6.61 Å². The van der Waals surface area contributed by atoms with Crippen LogP contribution in [0.15, 0.2) is 22.7 Å². The van der Waals surface area contributed by atoms with Gasteiger partial charge in [-0.2, -0.15) is 0 Å². The number of carbonyl (C=O) groups is 1. The summed E-state index contributed by atoms with van der Waals surface area (Å²) in [6, 6.07) is 5.84. The summed E-state index contributed by atoms with van der Waals surface area (Å²) in [7, 11) is 1.64. The lowest BCUT2D eigenvalue weighted by Crippen LogP contribution is -2.17. The lowest BCUT2D eigenvalue weighted by Gasteiger charge is -2.12. The Morgan fingerprint density at radius 2 is 2.28 bits per heavy atom. The van der Waals surface area contributed by atoms with Gasteiger partial charge in [-0.25, -0.2) is 0 Å². The molecule has 0 radical (unpaired) electrons. The molecule has 1 unspecified atom stereocenters.